The Balaban J connectivity index is 1.96. The highest BCUT2D eigenvalue weighted by Gasteiger charge is 2.39. The molecule has 3 rings (SSSR count). The molecule has 156 valence electrons. The number of carbonyl (C=O) groups excluding carboxylic acids is 2. The Hall–Kier alpha value is -2.67. The van der Waals surface area contributed by atoms with Crippen LogP contribution < -0.4 is 5.32 Å². The fraction of sp³-hybridized carbons (Fsp3) is 0.500. The summed E-state index contributed by atoms with van der Waals surface area (Å²) >= 11 is 0. The van der Waals surface area contributed by atoms with Gasteiger partial charge in [-0.1, -0.05) is 6.07 Å². The lowest BCUT2D eigenvalue weighted by Gasteiger charge is -2.30. The first kappa shape index (κ1) is 21.0. The molecular formula is C22H28N2O5. The van der Waals surface area contributed by atoms with E-state index in [1.54, 1.807) is 26.3 Å². The maximum Gasteiger partial charge on any atom is 0.337 e. The fourth-order valence-corrected chi connectivity index (χ4v) is 3.89. The lowest BCUT2D eigenvalue weighted by molar-refractivity contribution is -0.144. The van der Waals surface area contributed by atoms with Crippen molar-refractivity contribution in [3.05, 3.63) is 52.6 Å². The first-order chi connectivity index (χ1) is 14.0. The van der Waals surface area contributed by atoms with Crippen LogP contribution in [0.4, 0.5) is 0 Å². The predicted octanol–water partition coefficient (Wildman–Crippen LogP) is 2.99. The number of rotatable bonds is 7. The highest BCUT2D eigenvalue weighted by atomic mass is 16.6. The van der Waals surface area contributed by atoms with E-state index in [-0.39, 0.29) is 12.7 Å². The van der Waals surface area contributed by atoms with E-state index in [0.717, 1.165) is 25.7 Å². The van der Waals surface area contributed by atoms with Crippen molar-refractivity contribution in [1.82, 2.24) is 10.3 Å². The zero-order valence-electron chi connectivity index (χ0n) is 17.2. The van der Waals surface area contributed by atoms with Crippen LogP contribution in [0.3, 0.4) is 0 Å². The molecule has 0 amide bonds. The molecule has 2 heterocycles. The second-order valence-electron chi connectivity index (χ2n) is 7.33. The number of esters is 2. The topological polar surface area (TPSA) is 86.8 Å². The molecule has 1 N–H and O–H groups in total. The van der Waals surface area contributed by atoms with E-state index >= 15 is 0 Å². The zero-order valence-corrected chi connectivity index (χ0v) is 17.2. The summed E-state index contributed by atoms with van der Waals surface area (Å²) in [6.45, 7) is 4.04. The molecule has 7 nitrogen and oxygen atoms in total. The van der Waals surface area contributed by atoms with Crippen LogP contribution >= 0.6 is 0 Å². The Morgan fingerprint density at radius 2 is 1.76 bits per heavy atom. The minimum absolute atomic E-state index is 0.0729. The zero-order chi connectivity index (χ0) is 20.8. The quantitative estimate of drug-likeness (QED) is 0.556. The normalized spacial score (nSPS) is 19.9. The van der Waals surface area contributed by atoms with Crippen molar-refractivity contribution < 1.29 is 23.8 Å². The molecular weight excluding hydrogens is 372 g/mol. The molecule has 0 spiro atoms. The molecule has 29 heavy (non-hydrogen) atoms. The van der Waals surface area contributed by atoms with E-state index in [1.807, 2.05) is 19.1 Å². The summed E-state index contributed by atoms with van der Waals surface area (Å²) in [7, 11) is 1.54. The first-order valence-electron chi connectivity index (χ1n) is 9.99. The first-order valence-corrected chi connectivity index (χ1v) is 9.99. The standard InChI is InChI=1S/C22H28N2O5/c1-14-18(21(25)28-13-12-27-3)20(17-10-6-7-11-23-17)19(15(2)24-14)22(26)29-16-8-4-5-9-16/h6-7,10-11,16,20,24H,4-5,8-9,12-13H2,1-3H3. The van der Waals surface area contributed by atoms with Gasteiger partial charge in [0.05, 0.1) is 29.4 Å². The van der Waals surface area contributed by atoms with Crippen LogP contribution in [0.5, 0.6) is 0 Å². The minimum Gasteiger partial charge on any atom is -0.460 e. The number of nitrogens with zero attached hydrogens (tertiary/aromatic N) is 1. The van der Waals surface area contributed by atoms with Gasteiger partial charge < -0.3 is 19.5 Å². The van der Waals surface area contributed by atoms with Crippen molar-refractivity contribution in [1.29, 1.82) is 0 Å². The maximum absolute atomic E-state index is 13.1. The van der Waals surface area contributed by atoms with Gasteiger partial charge in [0.2, 0.25) is 0 Å². The molecule has 0 saturated heterocycles. The molecule has 0 bridgehead atoms. The van der Waals surface area contributed by atoms with E-state index in [1.165, 1.54) is 0 Å². The summed E-state index contributed by atoms with van der Waals surface area (Å²) in [5, 5.41) is 3.15. The van der Waals surface area contributed by atoms with Crippen molar-refractivity contribution in [3.63, 3.8) is 0 Å². The van der Waals surface area contributed by atoms with E-state index in [4.69, 9.17) is 14.2 Å². The van der Waals surface area contributed by atoms with Crippen LogP contribution in [0.15, 0.2) is 46.9 Å². The molecule has 0 radical (unpaired) electrons. The van der Waals surface area contributed by atoms with Gasteiger partial charge in [-0.25, -0.2) is 9.59 Å². The summed E-state index contributed by atoms with van der Waals surface area (Å²) in [5.41, 5.74) is 2.67. The number of ether oxygens (including phenoxy) is 3. The summed E-state index contributed by atoms with van der Waals surface area (Å²) in [4.78, 5) is 30.5. The lowest BCUT2D eigenvalue weighted by atomic mass is 9.82. The highest BCUT2D eigenvalue weighted by molar-refractivity contribution is 5.99. The van der Waals surface area contributed by atoms with Gasteiger partial charge in [-0.2, -0.15) is 0 Å². The van der Waals surface area contributed by atoms with E-state index in [2.05, 4.69) is 10.3 Å². The number of dihydropyridines is 1. The predicted molar refractivity (Wildman–Crippen MR) is 107 cm³/mol. The Morgan fingerprint density at radius 3 is 2.38 bits per heavy atom. The van der Waals surface area contributed by atoms with Gasteiger partial charge in [-0.15, -0.1) is 0 Å². The van der Waals surface area contributed by atoms with Crippen LogP contribution in [0, 0.1) is 0 Å². The third kappa shape index (κ3) is 4.85. The third-order valence-corrected chi connectivity index (χ3v) is 5.28. The van der Waals surface area contributed by atoms with E-state index < -0.39 is 17.9 Å². The minimum atomic E-state index is -0.651. The Labute approximate surface area is 171 Å². The molecule has 1 saturated carbocycles. The van der Waals surface area contributed by atoms with Crippen LogP contribution in [-0.2, 0) is 23.8 Å². The summed E-state index contributed by atoms with van der Waals surface area (Å²) < 4.78 is 16.1. The second kappa shape index (κ2) is 9.69. The molecule has 1 atom stereocenters. The molecule has 0 aromatic carbocycles. The molecule has 1 aromatic heterocycles. The average Bonchev–Trinajstić information content (AvgIpc) is 3.21. The van der Waals surface area contributed by atoms with Gasteiger partial charge >= 0.3 is 11.9 Å². The Bertz CT molecular complexity index is 810. The van der Waals surface area contributed by atoms with Gasteiger partial charge in [0, 0.05) is 24.7 Å². The van der Waals surface area contributed by atoms with Crippen LogP contribution in [0.1, 0.15) is 51.1 Å². The summed E-state index contributed by atoms with van der Waals surface area (Å²) in [5.74, 6) is -1.56. The third-order valence-electron chi connectivity index (χ3n) is 5.28. The van der Waals surface area contributed by atoms with Crippen molar-refractivity contribution in [2.75, 3.05) is 20.3 Å². The Morgan fingerprint density at radius 1 is 1.07 bits per heavy atom. The largest absolute Gasteiger partial charge is 0.460 e. The van der Waals surface area contributed by atoms with E-state index in [0.29, 0.717) is 34.8 Å². The smallest absolute Gasteiger partial charge is 0.337 e. The fourth-order valence-electron chi connectivity index (χ4n) is 3.89. The second-order valence-corrected chi connectivity index (χ2v) is 7.33. The molecule has 7 heteroatoms. The number of pyridine rings is 1. The van der Waals surface area contributed by atoms with Crippen LogP contribution in [0.2, 0.25) is 0 Å². The van der Waals surface area contributed by atoms with Gasteiger partial charge in [0.15, 0.2) is 0 Å². The summed E-state index contributed by atoms with van der Waals surface area (Å²) in [6, 6.07) is 5.44. The maximum atomic E-state index is 13.1. The molecule has 2 aliphatic rings. The number of hydrogen-bond donors (Lipinski definition) is 1. The Kier molecular flexibility index (Phi) is 7.04. The number of carbonyl (C=O) groups is 2. The SMILES string of the molecule is COCCOC(=O)C1=C(C)NC(C)=C(C(=O)OC2CCCC2)C1c1ccccn1. The summed E-state index contributed by atoms with van der Waals surface area (Å²) in [6.07, 6.45) is 5.45. The average molecular weight is 400 g/mol. The van der Waals surface area contributed by atoms with Crippen molar-refractivity contribution in [3.8, 4) is 0 Å². The molecule has 1 aliphatic heterocycles. The van der Waals surface area contributed by atoms with Crippen molar-refractivity contribution in [2.24, 2.45) is 0 Å². The van der Waals surface area contributed by atoms with E-state index in [9.17, 15) is 9.59 Å². The molecule has 1 fully saturated rings. The van der Waals surface area contributed by atoms with Gasteiger partial charge in [-0.3, -0.25) is 4.98 Å². The van der Waals surface area contributed by atoms with Crippen molar-refractivity contribution in [2.45, 2.75) is 51.6 Å². The number of allylic oxidation sites excluding steroid dienone is 2. The van der Waals surface area contributed by atoms with Crippen LogP contribution in [-0.4, -0.2) is 43.4 Å². The number of nitrogens with one attached hydrogen (secondary N) is 1. The molecule has 1 aliphatic carbocycles. The molecule has 1 aromatic rings. The highest BCUT2D eigenvalue weighted by Crippen LogP contribution is 2.39. The van der Waals surface area contributed by atoms with Crippen LogP contribution in [0.25, 0.3) is 0 Å². The number of methoxy groups -OCH3 is 1. The lowest BCUT2D eigenvalue weighted by Crippen LogP contribution is -2.34. The van der Waals surface area contributed by atoms with Gasteiger partial charge in [0.25, 0.3) is 0 Å². The molecule has 1 unspecified atom stereocenters. The monoisotopic (exact) mass is 400 g/mol. The van der Waals surface area contributed by atoms with Gasteiger partial charge in [-0.05, 0) is 51.7 Å². The number of aromatic nitrogens is 1. The van der Waals surface area contributed by atoms with Crippen molar-refractivity contribution >= 4 is 11.9 Å². The van der Waals surface area contributed by atoms with Gasteiger partial charge in [0.1, 0.15) is 12.7 Å². The number of hydrogen-bond acceptors (Lipinski definition) is 7.